The number of rotatable bonds is 5. The number of benzene rings is 2. The second-order valence-electron chi connectivity index (χ2n) is 6.62. The summed E-state index contributed by atoms with van der Waals surface area (Å²) in [4.78, 5) is 32.9. The Hall–Kier alpha value is -3.09. The van der Waals surface area contributed by atoms with Gasteiger partial charge in [0.05, 0.1) is 22.8 Å². The molecule has 7 heteroatoms. The van der Waals surface area contributed by atoms with Crippen LogP contribution in [0.4, 0.5) is 5.69 Å². The fourth-order valence-electron chi connectivity index (χ4n) is 3.02. The molecule has 1 aliphatic rings. The minimum Gasteiger partial charge on any atom is -0.349 e. The monoisotopic (exact) mass is 435 g/mol. The van der Waals surface area contributed by atoms with Gasteiger partial charge in [0.25, 0.3) is 5.91 Å². The van der Waals surface area contributed by atoms with Crippen molar-refractivity contribution in [3.63, 3.8) is 0 Å². The first kappa shape index (κ1) is 20.2. The maximum Gasteiger partial charge on any atom is 0.265 e. The van der Waals surface area contributed by atoms with E-state index in [0.717, 1.165) is 21.8 Å². The van der Waals surface area contributed by atoms with Crippen LogP contribution >= 0.6 is 23.4 Å². The van der Waals surface area contributed by atoms with E-state index in [1.165, 1.54) is 16.7 Å². The van der Waals surface area contributed by atoms with Crippen LogP contribution in [0.5, 0.6) is 0 Å². The van der Waals surface area contributed by atoms with Crippen LogP contribution < -0.4 is 10.2 Å². The van der Waals surface area contributed by atoms with Crippen LogP contribution in [-0.4, -0.2) is 23.3 Å². The number of amides is 2. The average molecular weight is 436 g/mol. The summed E-state index contributed by atoms with van der Waals surface area (Å²) < 4.78 is 0. The second kappa shape index (κ2) is 9.15. The Labute approximate surface area is 183 Å². The van der Waals surface area contributed by atoms with E-state index in [1.54, 1.807) is 18.3 Å². The average Bonchev–Trinajstić information content (AvgIpc) is 2.77. The molecule has 2 amide bonds. The predicted molar refractivity (Wildman–Crippen MR) is 120 cm³/mol. The van der Waals surface area contributed by atoms with Crippen LogP contribution in [0.1, 0.15) is 11.3 Å². The van der Waals surface area contributed by atoms with E-state index < -0.39 is 0 Å². The first-order valence-electron chi connectivity index (χ1n) is 9.33. The fourth-order valence-corrected chi connectivity index (χ4v) is 4.21. The lowest BCUT2D eigenvalue weighted by Gasteiger charge is -2.29. The molecular formula is C23H18ClN3O2S. The lowest BCUT2D eigenvalue weighted by atomic mass is 10.2. The molecule has 0 atom stereocenters. The zero-order valence-electron chi connectivity index (χ0n) is 15.9. The summed E-state index contributed by atoms with van der Waals surface area (Å²) in [6.45, 7) is 0.243. The van der Waals surface area contributed by atoms with Gasteiger partial charge in [0.1, 0.15) is 6.54 Å². The van der Waals surface area contributed by atoms with E-state index in [0.29, 0.717) is 16.5 Å². The number of pyridine rings is 1. The Morgan fingerprint density at radius 2 is 1.83 bits per heavy atom. The van der Waals surface area contributed by atoms with Gasteiger partial charge >= 0.3 is 0 Å². The molecule has 5 nitrogen and oxygen atoms in total. The molecule has 1 N–H and O–H groups in total. The number of aromatic nitrogens is 1. The van der Waals surface area contributed by atoms with Crippen molar-refractivity contribution in [1.29, 1.82) is 0 Å². The molecule has 4 rings (SSSR count). The zero-order chi connectivity index (χ0) is 20.9. The number of hydrogen-bond acceptors (Lipinski definition) is 4. The van der Waals surface area contributed by atoms with Crippen LogP contribution in [0.2, 0.25) is 5.02 Å². The largest absolute Gasteiger partial charge is 0.349 e. The van der Waals surface area contributed by atoms with E-state index >= 15 is 0 Å². The zero-order valence-corrected chi connectivity index (χ0v) is 17.5. The Balaban J connectivity index is 1.55. The topological polar surface area (TPSA) is 62.3 Å². The molecule has 0 radical (unpaired) electrons. The highest BCUT2D eigenvalue weighted by atomic mass is 35.5. The van der Waals surface area contributed by atoms with Crippen LogP contribution in [0.15, 0.2) is 82.7 Å². The maximum absolute atomic E-state index is 13.2. The smallest absolute Gasteiger partial charge is 0.265 e. The first-order valence-corrected chi connectivity index (χ1v) is 10.5. The summed E-state index contributed by atoms with van der Waals surface area (Å²) in [5, 5.41) is 3.47. The number of para-hydroxylation sites is 1. The highest BCUT2D eigenvalue weighted by Crippen LogP contribution is 2.41. The van der Waals surface area contributed by atoms with Gasteiger partial charge < -0.3 is 5.32 Å². The number of carbonyl (C=O) groups excluding carboxylic acids is 2. The summed E-state index contributed by atoms with van der Waals surface area (Å²) in [7, 11) is 0. The van der Waals surface area contributed by atoms with Gasteiger partial charge in [-0.3, -0.25) is 19.5 Å². The van der Waals surface area contributed by atoms with Crippen molar-refractivity contribution in [2.75, 3.05) is 11.4 Å². The number of fused-ring (bicyclic) bond motifs is 1. The number of carbonyl (C=O) groups is 2. The lowest BCUT2D eigenvalue weighted by Crippen LogP contribution is -2.42. The van der Waals surface area contributed by atoms with Crippen LogP contribution in [0.25, 0.3) is 6.08 Å². The van der Waals surface area contributed by atoms with Gasteiger partial charge in [0, 0.05) is 16.1 Å². The van der Waals surface area contributed by atoms with Gasteiger partial charge in [0.2, 0.25) is 5.91 Å². The third-order valence-electron chi connectivity index (χ3n) is 4.49. The molecule has 2 heterocycles. The molecule has 0 spiro atoms. The molecular weight excluding hydrogens is 418 g/mol. The predicted octanol–water partition coefficient (Wildman–Crippen LogP) is 4.53. The van der Waals surface area contributed by atoms with E-state index in [-0.39, 0.29) is 18.4 Å². The molecule has 0 unspecified atom stereocenters. The van der Waals surface area contributed by atoms with Crippen molar-refractivity contribution < 1.29 is 9.59 Å². The first-order chi connectivity index (χ1) is 14.6. The van der Waals surface area contributed by atoms with Crippen molar-refractivity contribution in [1.82, 2.24) is 10.3 Å². The quantitative estimate of drug-likeness (QED) is 0.598. The van der Waals surface area contributed by atoms with Gasteiger partial charge in [-0.05, 0) is 48.0 Å². The van der Waals surface area contributed by atoms with Gasteiger partial charge in [-0.15, -0.1) is 0 Å². The van der Waals surface area contributed by atoms with Gasteiger partial charge in [0.15, 0.2) is 0 Å². The van der Waals surface area contributed by atoms with E-state index in [4.69, 9.17) is 11.6 Å². The Bertz CT molecular complexity index is 1100. The summed E-state index contributed by atoms with van der Waals surface area (Å²) in [6, 6.07) is 20.4. The van der Waals surface area contributed by atoms with Crippen molar-refractivity contribution in [3.05, 3.63) is 94.1 Å². The summed E-state index contributed by atoms with van der Waals surface area (Å²) in [5.74, 6) is -0.455. The number of anilines is 1. The Morgan fingerprint density at radius 1 is 1.07 bits per heavy atom. The molecule has 0 aliphatic carbocycles. The molecule has 150 valence electrons. The number of hydrogen-bond donors (Lipinski definition) is 1. The summed E-state index contributed by atoms with van der Waals surface area (Å²) >= 11 is 7.35. The summed E-state index contributed by atoms with van der Waals surface area (Å²) in [5.41, 5.74) is 2.36. The van der Waals surface area contributed by atoms with Crippen molar-refractivity contribution >= 4 is 46.9 Å². The molecule has 2 aromatic carbocycles. The van der Waals surface area contributed by atoms with Gasteiger partial charge in [-0.25, -0.2) is 0 Å². The third kappa shape index (κ3) is 4.72. The fraction of sp³-hybridized carbons (Fsp3) is 0.0870. The third-order valence-corrected chi connectivity index (χ3v) is 5.82. The van der Waals surface area contributed by atoms with Crippen molar-refractivity contribution in [2.24, 2.45) is 0 Å². The standard InChI is InChI=1S/C23H18ClN3O2S/c24-17-10-8-16(9-11-17)13-21-23(29)27(19-6-1-2-7-20(19)30-21)15-22(28)26-14-18-5-3-4-12-25-18/h1-13H,14-15H2,(H,26,28)/b21-13-. The molecule has 0 saturated heterocycles. The minimum absolute atomic E-state index is 0.0683. The van der Waals surface area contributed by atoms with E-state index in [1.807, 2.05) is 60.7 Å². The highest BCUT2D eigenvalue weighted by molar-refractivity contribution is 8.04. The van der Waals surface area contributed by atoms with Crippen LogP contribution in [0.3, 0.4) is 0 Å². The molecule has 0 fully saturated rings. The number of nitrogens with one attached hydrogen (secondary N) is 1. The molecule has 1 aliphatic heterocycles. The minimum atomic E-state index is -0.249. The number of nitrogens with zero attached hydrogens (tertiary/aromatic N) is 2. The molecule has 0 saturated carbocycles. The maximum atomic E-state index is 13.2. The van der Waals surface area contributed by atoms with Gasteiger partial charge in [-0.2, -0.15) is 0 Å². The van der Waals surface area contributed by atoms with Crippen LogP contribution in [-0.2, 0) is 16.1 Å². The Kier molecular flexibility index (Phi) is 6.16. The van der Waals surface area contributed by atoms with Crippen molar-refractivity contribution in [3.8, 4) is 0 Å². The summed E-state index contributed by atoms with van der Waals surface area (Å²) in [6.07, 6.45) is 3.50. The van der Waals surface area contributed by atoms with Crippen LogP contribution in [0, 0.1) is 0 Å². The van der Waals surface area contributed by atoms with E-state index in [9.17, 15) is 9.59 Å². The lowest BCUT2D eigenvalue weighted by molar-refractivity contribution is -0.122. The van der Waals surface area contributed by atoms with E-state index in [2.05, 4.69) is 10.3 Å². The number of halogens is 1. The second-order valence-corrected chi connectivity index (χ2v) is 8.14. The normalized spacial score (nSPS) is 14.5. The Morgan fingerprint density at radius 3 is 2.60 bits per heavy atom. The molecule has 3 aromatic rings. The molecule has 1 aromatic heterocycles. The molecule has 0 bridgehead atoms. The van der Waals surface area contributed by atoms with Gasteiger partial charge in [-0.1, -0.05) is 53.7 Å². The van der Waals surface area contributed by atoms with Crippen molar-refractivity contribution in [2.45, 2.75) is 11.4 Å². The highest BCUT2D eigenvalue weighted by Gasteiger charge is 2.30. The number of thioether (sulfide) groups is 1. The SMILES string of the molecule is O=C(CN1C(=O)/C(=C/c2ccc(Cl)cc2)Sc2ccccc21)NCc1ccccn1. The molecule has 30 heavy (non-hydrogen) atoms.